The third-order valence-electron chi connectivity index (χ3n) is 4.65. The molecule has 0 saturated heterocycles. The number of nitrogens with zero attached hydrogens (tertiary/aromatic N) is 3. The molecule has 0 bridgehead atoms. The Morgan fingerprint density at radius 2 is 2.21 bits per heavy atom. The summed E-state index contributed by atoms with van der Waals surface area (Å²) in [4.78, 5) is 17.0. The van der Waals surface area contributed by atoms with E-state index in [1.54, 1.807) is 30.7 Å². The van der Waals surface area contributed by atoms with Gasteiger partial charge in [0.2, 0.25) is 0 Å². The van der Waals surface area contributed by atoms with Crippen molar-refractivity contribution in [3.63, 3.8) is 0 Å². The Morgan fingerprint density at radius 3 is 2.75 bits per heavy atom. The average molecular weight is 404 g/mol. The summed E-state index contributed by atoms with van der Waals surface area (Å²) >= 11 is 6.38. The summed E-state index contributed by atoms with van der Waals surface area (Å²) in [6.45, 7) is 6.89. The minimum Gasteiger partial charge on any atom is -0.379 e. The minimum atomic E-state index is -0.910. The number of Topliss-reactive ketones (excluding diaryl/α,β-unsaturated/α-hetero) is 1. The van der Waals surface area contributed by atoms with Gasteiger partial charge in [-0.2, -0.15) is 5.26 Å². The summed E-state index contributed by atoms with van der Waals surface area (Å²) in [6.07, 6.45) is 5.17. The molecule has 28 heavy (non-hydrogen) atoms. The van der Waals surface area contributed by atoms with E-state index in [0.717, 1.165) is 18.7 Å². The fraction of sp³-hybridized carbons (Fsp3) is 0.476. The Morgan fingerprint density at radius 1 is 1.46 bits per heavy atom. The van der Waals surface area contributed by atoms with Gasteiger partial charge in [0, 0.05) is 36.2 Å². The van der Waals surface area contributed by atoms with E-state index in [1.165, 1.54) is 7.11 Å². The normalized spacial score (nSPS) is 17.6. The first-order chi connectivity index (χ1) is 13.4. The van der Waals surface area contributed by atoms with Crippen molar-refractivity contribution >= 4 is 17.4 Å². The van der Waals surface area contributed by atoms with Gasteiger partial charge in [-0.05, 0) is 45.7 Å². The van der Waals surface area contributed by atoms with Crippen molar-refractivity contribution in [1.29, 1.82) is 5.26 Å². The highest BCUT2D eigenvalue weighted by Gasteiger charge is 2.47. The van der Waals surface area contributed by atoms with Crippen LogP contribution in [0.25, 0.3) is 0 Å². The zero-order valence-corrected chi connectivity index (χ0v) is 17.5. The Hall–Kier alpha value is -2.20. The largest absolute Gasteiger partial charge is 0.379 e. The summed E-state index contributed by atoms with van der Waals surface area (Å²) in [5.74, 6) is -0.0710. The molecule has 6 nitrogen and oxygen atoms in total. The maximum atomic E-state index is 12.8. The van der Waals surface area contributed by atoms with E-state index in [1.807, 2.05) is 25.3 Å². The maximum Gasteiger partial charge on any atom is 0.188 e. The number of rotatable bonds is 6. The van der Waals surface area contributed by atoms with Crippen LogP contribution in [0.3, 0.4) is 0 Å². The lowest BCUT2D eigenvalue weighted by Crippen LogP contribution is -2.42. The zero-order chi connectivity index (χ0) is 20.7. The second-order valence-electron chi connectivity index (χ2n) is 6.78. The molecule has 1 aliphatic rings. The number of aryl methyl sites for hydroxylation is 1. The van der Waals surface area contributed by atoms with Gasteiger partial charge < -0.3 is 14.0 Å². The Bertz CT molecular complexity index is 857. The van der Waals surface area contributed by atoms with Crippen molar-refractivity contribution in [1.82, 2.24) is 9.55 Å². The van der Waals surface area contributed by atoms with Crippen LogP contribution >= 0.6 is 11.6 Å². The number of hydrogen-bond acceptors (Lipinski definition) is 5. The molecule has 0 amide bonds. The lowest BCUT2D eigenvalue weighted by atomic mass is 9.83. The molecule has 0 N–H and O–H groups in total. The molecule has 1 aromatic carbocycles. The highest BCUT2D eigenvalue weighted by atomic mass is 35.5. The second kappa shape index (κ2) is 9.83. The van der Waals surface area contributed by atoms with Crippen molar-refractivity contribution < 1.29 is 14.3 Å². The number of fused-ring (bicyclic) bond motifs is 1. The van der Waals surface area contributed by atoms with Crippen molar-refractivity contribution in [2.75, 3.05) is 20.3 Å². The minimum absolute atomic E-state index is 0.00600. The molecule has 0 radical (unpaired) electrons. The standard InChI is InChI=1S/C16H14ClN3O2.C5H12O/c1-22-9-15(21)16(5-4-12-8-19-10-20(12)16)13-3-2-11(7-18)6-14(13)17;1-4-6-5(2)3/h2-3,6,8,10H,4-5,9H2,1H3;5H,4H2,1-3H3. The van der Waals surface area contributed by atoms with E-state index < -0.39 is 5.54 Å². The fourth-order valence-corrected chi connectivity index (χ4v) is 3.81. The average Bonchev–Trinajstić information content (AvgIpc) is 3.25. The Kier molecular flexibility index (Phi) is 7.76. The van der Waals surface area contributed by atoms with Crippen LogP contribution in [0.4, 0.5) is 0 Å². The molecule has 1 atom stereocenters. The Balaban J connectivity index is 0.000000409. The van der Waals surface area contributed by atoms with E-state index in [2.05, 4.69) is 11.1 Å². The van der Waals surface area contributed by atoms with E-state index in [0.29, 0.717) is 28.7 Å². The van der Waals surface area contributed by atoms with Crippen molar-refractivity contribution in [2.45, 2.75) is 45.3 Å². The van der Waals surface area contributed by atoms with Gasteiger partial charge in [0.15, 0.2) is 5.78 Å². The number of halogens is 1. The summed E-state index contributed by atoms with van der Waals surface area (Å²) in [5, 5.41) is 9.40. The number of aromatic nitrogens is 2. The van der Waals surface area contributed by atoms with Crippen molar-refractivity contribution in [3.05, 3.63) is 52.6 Å². The third kappa shape index (κ3) is 4.44. The quantitative estimate of drug-likeness (QED) is 0.734. The highest BCUT2D eigenvalue weighted by Crippen LogP contribution is 2.42. The van der Waals surface area contributed by atoms with Crippen LogP contribution in [0.1, 0.15) is 44.0 Å². The topological polar surface area (TPSA) is 77.1 Å². The number of hydrogen-bond donors (Lipinski definition) is 0. The van der Waals surface area contributed by atoms with Crippen LogP contribution in [0.5, 0.6) is 0 Å². The molecular formula is C21H26ClN3O3. The predicted molar refractivity (Wildman–Crippen MR) is 107 cm³/mol. The highest BCUT2D eigenvalue weighted by molar-refractivity contribution is 6.32. The monoisotopic (exact) mass is 403 g/mol. The number of imidazole rings is 1. The van der Waals surface area contributed by atoms with Crippen LogP contribution < -0.4 is 0 Å². The Labute approximate surface area is 171 Å². The second-order valence-corrected chi connectivity index (χ2v) is 7.19. The SMILES string of the molecule is CCOC(C)C.COCC(=O)C1(c2ccc(C#N)cc2Cl)CCc2cncn21. The number of ketones is 1. The predicted octanol–water partition coefficient (Wildman–Crippen LogP) is 3.74. The summed E-state index contributed by atoms with van der Waals surface area (Å²) < 4.78 is 12.0. The van der Waals surface area contributed by atoms with E-state index >= 15 is 0 Å². The first-order valence-corrected chi connectivity index (χ1v) is 9.64. The van der Waals surface area contributed by atoms with E-state index in [9.17, 15) is 4.79 Å². The molecule has 0 spiro atoms. The summed E-state index contributed by atoms with van der Waals surface area (Å²) in [7, 11) is 1.50. The maximum absolute atomic E-state index is 12.8. The van der Waals surface area contributed by atoms with Crippen LogP contribution in [-0.4, -0.2) is 41.8 Å². The van der Waals surface area contributed by atoms with E-state index in [4.69, 9.17) is 26.3 Å². The molecule has 2 aromatic rings. The smallest absolute Gasteiger partial charge is 0.188 e. The van der Waals surface area contributed by atoms with Gasteiger partial charge in [0.05, 0.1) is 24.1 Å². The number of ether oxygens (including phenoxy) is 2. The molecule has 1 unspecified atom stereocenters. The van der Waals surface area contributed by atoms with Gasteiger partial charge in [-0.25, -0.2) is 4.98 Å². The van der Waals surface area contributed by atoms with Crippen LogP contribution in [0.15, 0.2) is 30.7 Å². The lowest BCUT2D eigenvalue weighted by molar-refractivity contribution is -0.129. The van der Waals surface area contributed by atoms with Crippen molar-refractivity contribution in [3.8, 4) is 6.07 Å². The van der Waals surface area contributed by atoms with Gasteiger partial charge in [0.25, 0.3) is 0 Å². The van der Waals surface area contributed by atoms with Crippen LogP contribution in [-0.2, 0) is 26.2 Å². The molecule has 0 aliphatic carbocycles. The molecule has 7 heteroatoms. The summed E-state index contributed by atoms with van der Waals surface area (Å²) in [6, 6.07) is 7.08. The van der Waals surface area contributed by atoms with Crippen LogP contribution in [0.2, 0.25) is 5.02 Å². The molecule has 3 rings (SSSR count). The molecule has 1 aromatic heterocycles. The number of carbonyl (C=O) groups excluding carboxylic acids is 1. The molecular weight excluding hydrogens is 378 g/mol. The van der Waals surface area contributed by atoms with Crippen LogP contribution in [0, 0.1) is 11.3 Å². The lowest BCUT2D eigenvalue weighted by Gasteiger charge is -2.31. The fourth-order valence-electron chi connectivity index (χ4n) is 3.47. The zero-order valence-electron chi connectivity index (χ0n) is 16.7. The number of methoxy groups -OCH3 is 1. The first-order valence-electron chi connectivity index (χ1n) is 9.26. The van der Waals surface area contributed by atoms with E-state index in [-0.39, 0.29) is 12.4 Å². The first kappa shape index (κ1) is 22.1. The summed E-state index contributed by atoms with van der Waals surface area (Å²) in [5.41, 5.74) is 1.23. The van der Waals surface area contributed by atoms with Crippen molar-refractivity contribution in [2.24, 2.45) is 0 Å². The van der Waals surface area contributed by atoms with Gasteiger partial charge >= 0.3 is 0 Å². The molecule has 1 aliphatic heterocycles. The molecule has 0 fully saturated rings. The molecule has 150 valence electrons. The molecule has 2 heterocycles. The van der Waals surface area contributed by atoms with Gasteiger partial charge in [-0.3, -0.25) is 4.79 Å². The number of benzene rings is 1. The van der Waals surface area contributed by atoms with Gasteiger partial charge in [0.1, 0.15) is 12.1 Å². The number of nitriles is 1. The third-order valence-corrected chi connectivity index (χ3v) is 4.96. The van der Waals surface area contributed by atoms with Gasteiger partial charge in [-0.15, -0.1) is 0 Å². The molecule has 0 saturated carbocycles. The number of carbonyl (C=O) groups is 1. The van der Waals surface area contributed by atoms with Gasteiger partial charge in [-0.1, -0.05) is 17.7 Å².